The van der Waals surface area contributed by atoms with Crippen molar-refractivity contribution in [3.8, 4) is 0 Å². The molecule has 0 radical (unpaired) electrons. The molecule has 8 heteroatoms. The Labute approximate surface area is 118 Å². The summed E-state index contributed by atoms with van der Waals surface area (Å²) >= 11 is 0. The van der Waals surface area contributed by atoms with Gasteiger partial charge in [-0.25, -0.2) is 4.79 Å². The van der Waals surface area contributed by atoms with Crippen molar-refractivity contribution in [2.24, 2.45) is 0 Å². The molecule has 0 aliphatic heterocycles. The van der Waals surface area contributed by atoms with E-state index in [1.54, 1.807) is 18.2 Å². The summed E-state index contributed by atoms with van der Waals surface area (Å²) in [6.45, 7) is 0.0761. The molecule has 1 aromatic heterocycles. The van der Waals surface area contributed by atoms with Crippen molar-refractivity contribution in [1.82, 2.24) is 9.30 Å². The Bertz CT molecular complexity index is 776. The standard InChI is InChI=1S/C13H14N2O6/c1-20-13(19)21-15-10-6-3-2-5-9(10)14(7-4-8-16)11(17)12(15)18/h2-3,5-6,16H,4,7-8H2,1H3. The summed E-state index contributed by atoms with van der Waals surface area (Å²) < 4.78 is 6.18. The number of aromatic nitrogens is 2. The number of aliphatic hydroxyl groups excluding tert-OH is 1. The molecule has 0 saturated heterocycles. The SMILES string of the molecule is COC(=O)On1c(=O)c(=O)n(CCCO)c2ccccc21. The summed E-state index contributed by atoms with van der Waals surface area (Å²) in [6, 6.07) is 6.48. The van der Waals surface area contributed by atoms with E-state index in [9.17, 15) is 14.4 Å². The average molecular weight is 294 g/mol. The van der Waals surface area contributed by atoms with E-state index in [0.29, 0.717) is 16.7 Å². The van der Waals surface area contributed by atoms with Crippen LogP contribution in [-0.2, 0) is 11.3 Å². The van der Waals surface area contributed by atoms with Gasteiger partial charge < -0.3 is 14.4 Å². The number of methoxy groups -OCH3 is 1. The highest BCUT2D eigenvalue weighted by Crippen LogP contribution is 2.10. The van der Waals surface area contributed by atoms with Gasteiger partial charge in [0, 0.05) is 13.2 Å². The van der Waals surface area contributed by atoms with Gasteiger partial charge >= 0.3 is 17.3 Å². The van der Waals surface area contributed by atoms with Crippen molar-refractivity contribution in [3.63, 3.8) is 0 Å². The molecule has 112 valence electrons. The number of carbonyl (C=O) groups excluding carboxylic acids is 1. The number of aliphatic hydroxyl groups is 1. The smallest absolute Gasteiger partial charge is 0.436 e. The minimum absolute atomic E-state index is 0.109. The molecule has 0 spiro atoms. The molecule has 8 nitrogen and oxygen atoms in total. The normalized spacial score (nSPS) is 10.6. The van der Waals surface area contributed by atoms with Crippen molar-refractivity contribution < 1.29 is 19.5 Å². The zero-order chi connectivity index (χ0) is 15.4. The Balaban J connectivity index is 2.72. The van der Waals surface area contributed by atoms with E-state index in [-0.39, 0.29) is 18.7 Å². The lowest BCUT2D eigenvalue weighted by Crippen LogP contribution is -2.45. The first-order chi connectivity index (χ1) is 10.1. The molecule has 1 heterocycles. The molecule has 1 aromatic carbocycles. The number of ether oxygens (including phenoxy) is 1. The zero-order valence-electron chi connectivity index (χ0n) is 11.3. The van der Waals surface area contributed by atoms with E-state index in [2.05, 4.69) is 4.74 Å². The Morgan fingerprint density at radius 3 is 2.48 bits per heavy atom. The van der Waals surface area contributed by atoms with Gasteiger partial charge in [0.2, 0.25) is 0 Å². The number of hydrogen-bond donors (Lipinski definition) is 1. The summed E-state index contributed by atoms with van der Waals surface area (Å²) in [5.74, 6) is 0. The molecule has 2 rings (SSSR count). The first-order valence-corrected chi connectivity index (χ1v) is 6.22. The quantitative estimate of drug-likeness (QED) is 0.616. The van der Waals surface area contributed by atoms with Crippen LogP contribution in [0.25, 0.3) is 11.0 Å². The van der Waals surface area contributed by atoms with E-state index >= 15 is 0 Å². The highest BCUT2D eigenvalue weighted by atomic mass is 16.8. The lowest BCUT2D eigenvalue weighted by Gasteiger charge is -2.13. The minimum Gasteiger partial charge on any atom is -0.436 e. The fraction of sp³-hybridized carbons (Fsp3) is 0.308. The van der Waals surface area contributed by atoms with Gasteiger partial charge in [0.05, 0.1) is 12.6 Å². The van der Waals surface area contributed by atoms with E-state index in [0.717, 1.165) is 7.11 Å². The van der Waals surface area contributed by atoms with Crippen molar-refractivity contribution >= 4 is 17.2 Å². The number of hydrogen-bond acceptors (Lipinski definition) is 6. The van der Waals surface area contributed by atoms with Gasteiger partial charge in [0.25, 0.3) is 0 Å². The molecule has 0 saturated carbocycles. The third-order valence-corrected chi connectivity index (χ3v) is 2.88. The number of carbonyl (C=O) groups is 1. The van der Waals surface area contributed by atoms with Gasteiger partial charge in [-0.05, 0) is 18.6 Å². The molecule has 0 fully saturated rings. The van der Waals surface area contributed by atoms with Crippen LogP contribution in [0.2, 0.25) is 0 Å². The number of fused-ring (bicyclic) bond motifs is 1. The summed E-state index contributed by atoms with van der Waals surface area (Å²) in [4.78, 5) is 40.1. The molecule has 1 N–H and O–H groups in total. The van der Waals surface area contributed by atoms with Crippen LogP contribution in [0.3, 0.4) is 0 Å². The van der Waals surface area contributed by atoms with Crippen molar-refractivity contribution in [1.29, 1.82) is 0 Å². The first kappa shape index (κ1) is 14.8. The molecule has 2 aromatic rings. The van der Waals surface area contributed by atoms with Crippen LogP contribution in [0.4, 0.5) is 4.79 Å². The molecule has 0 unspecified atom stereocenters. The molecule has 0 bridgehead atoms. The average Bonchev–Trinajstić information content (AvgIpc) is 2.51. The summed E-state index contributed by atoms with van der Waals surface area (Å²) in [5, 5.41) is 8.88. The largest absolute Gasteiger partial charge is 0.533 e. The van der Waals surface area contributed by atoms with E-state index in [1.807, 2.05) is 0 Å². The number of nitrogens with zero attached hydrogens (tertiary/aromatic N) is 2. The molecular formula is C13H14N2O6. The second kappa shape index (κ2) is 6.23. The van der Waals surface area contributed by atoms with Crippen LogP contribution in [0, 0.1) is 0 Å². The maximum atomic E-state index is 12.1. The third-order valence-electron chi connectivity index (χ3n) is 2.88. The van der Waals surface area contributed by atoms with E-state index in [4.69, 9.17) is 9.94 Å². The predicted molar refractivity (Wildman–Crippen MR) is 73.2 cm³/mol. The predicted octanol–water partition coefficient (Wildman–Crippen LogP) is -0.259. The van der Waals surface area contributed by atoms with E-state index in [1.165, 1.54) is 10.6 Å². The van der Waals surface area contributed by atoms with Gasteiger partial charge in [-0.2, -0.15) is 0 Å². The van der Waals surface area contributed by atoms with Crippen LogP contribution in [-0.4, -0.2) is 34.3 Å². The van der Waals surface area contributed by atoms with Crippen LogP contribution < -0.4 is 16.0 Å². The van der Waals surface area contributed by atoms with Crippen LogP contribution in [0.15, 0.2) is 33.9 Å². The summed E-state index contributed by atoms with van der Waals surface area (Å²) in [5.41, 5.74) is -1.17. The second-order valence-electron chi connectivity index (χ2n) is 4.17. The maximum Gasteiger partial charge on any atom is 0.533 e. The van der Waals surface area contributed by atoms with Crippen molar-refractivity contribution in [2.75, 3.05) is 13.7 Å². The topological polar surface area (TPSA) is 99.8 Å². The summed E-state index contributed by atoms with van der Waals surface area (Å²) in [7, 11) is 1.10. The lowest BCUT2D eigenvalue weighted by molar-refractivity contribution is 0.0642. The monoisotopic (exact) mass is 294 g/mol. The van der Waals surface area contributed by atoms with E-state index < -0.39 is 17.3 Å². The Morgan fingerprint density at radius 1 is 1.19 bits per heavy atom. The fourth-order valence-corrected chi connectivity index (χ4v) is 1.94. The third kappa shape index (κ3) is 2.79. The van der Waals surface area contributed by atoms with Crippen LogP contribution in [0.5, 0.6) is 0 Å². The summed E-state index contributed by atoms with van der Waals surface area (Å²) in [6.07, 6.45) is -0.777. The van der Waals surface area contributed by atoms with Gasteiger partial charge in [0.15, 0.2) is 0 Å². The van der Waals surface area contributed by atoms with Crippen molar-refractivity contribution in [3.05, 3.63) is 45.0 Å². The maximum absolute atomic E-state index is 12.1. The Kier molecular flexibility index (Phi) is 4.39. The van der Waals surface area contributed by atoms with Crippen LogP contribution in [0.1, 0.15) is 6.42 Å². The number of para-hydroxylation sites is 2. The van der Waals surface area contributed by atoms with Crippen LogP contribution >= 0.6 is 0 Å². The molecule has 0 atom stereocenters. The second-order valence-corrected chi connectivity index (χ2v) is 4.17. The zero-order valence-corrected chi connectivity index (χ0v) is 11.3. The van der Waals surface area contributed by atoms with Gasteiger partial charge in [0.1, 0.15) is 5.52 Å². The number of aryl methyl sites for hydroxylation is 1. The molecular weight excluding hydrogens is 280 g/mol. The molecule has 21 heavy (non-hydrogen) atoms. The number of rotatable bonds is 4. The lowest BCUT2D eigenvalue weighted by atomic mass is 10.3. The van der Waals surface area contributed by atoms with Gasteiger partial charge in [-0.1, -0.05) is 12.1 Å². The molecule has 0 amide bonds. The minimum atomic E-state index is -1.10. The fourth-order valence-electron chi connectivity index (χ4n) is 1.94. The highest BCUT2D eigenvalue weighted by Gasteiger charge is 2.16. The Morgan fingerprint density at radius 2 is 1.86 bits per heavy atom. The molecule has 0 aliphatic carbocycles. The highest BCUT2D eigenvalue weighted by molar-refractivity contribution is 5.75. The number of benzene rings is 1. The first-order valence-electron chi connectivity index (χ1n) is 6.22. The van der Waals surface area contributed by atoms with Gasteiger partial charge in [-0.3, -0.25) is 14.4 Å². The molecule has 0 aliphatic rings. The van der Waals surface area contributed by atoms with Gasteiger partial charge in [-0.15, -0.1) is 4.73 Å². The van der Waals surface area contributed by atoms with Crippen molar-refractivity contribution in [2.45, 2.75) is 13.0 Å². The Hall–Kier alpha value is -2.61.